The van der Waals surface area contributed by atoms with Crippen molar-refractivity contribution >= 4 is 22.6 Å². The Kier molecular flexibility index (Phi) is 6.23. The first-order chi connectivity index (χ1) is 6.84. The number of halogens is 1. The minimum atomic E-state index is 0.580. The van der Waals surface area contributed by atoms with Gasteiger partial charge in [-0.25, -0.2) is 4.98 Å². The number of nitrogens with zero attached hydrogens (tertiary/aromatic N) is 2. The van der Waals surface area contributed by atoms with Crippen molar-refractivity contribution in [2.45, 2.75) is 49.5 Å². The molecule has 1 aromatic heterocycles. The highest BCUT2D eigenvalue weighted by atomic mass is 127. The number of hydrogen-bond acceptors (Lipinski definition) is 1. The van der Waals surface area contributed by atoms with Gasteiger partial charge in [0.15, 0.2) is 0 Å². The highest BCUT2D eigenvalue weighted by Gasteiger charge is 2.03. The maximum atomic E-state index is 4.06. The summed E-state index contributed by atoms with van der Waals surface area (Å²) in [6.45, 7) is 2.26. The first kappa shape index (κ1) is 12.0. The average Bonchev–Trinajstić information content (AvgIpc) is 2.70. The SMILES string of the molecule is CCCCCCCC(I)n1ccnc1. The minimum Gasteiger partial charge on any atom is -0.325 e. The smallest absolute Gasteiger partial charge is 0.0955 e. The van der Waals surface area contributed by atoms with Gasteiger partial charge >= 0.3 is 0 Å². The van der Waals surface area contributed by atoms with Gasteiger partial charge in [0.1, 0.15) is 0 Å². The molecule has 14 heavy (non-hydrogen) atoms. The first-order valence-electron chi connectivity index (χ1n) is 5.46. The van der Waals surface area contributed by atoms with E-state index in [0.29, 0.717) is 4.05 Å². The van der Waals surface area contributed by atoms with E-state index in [2.05, 4.69) is 39.1 Å². The third-order valence-corrected chi connectivity index (χ3v) is 3.66. The number of rotatable bonds is 7. The molecule has 0 fully saturated rings. The van der Waals surface area contributed by atoms with Crippen LogP contribution in [0.25, 0.3) is 0 Å². The van der Waals surface area contributed by atoms with Crippen LogP contribution in [-0.4, -0.2) is 9.55 Å². The zero-order valence-corrected chi connectivity index (χ0v) is 11.0. The van der Waals surface area contributed by atoms with Gasteiger partial charge in [-0.2, -0.15) is 0 Å². The van der Waals surface area contributed by atoms with E-state index in [1.807, 2.05) is 18.7 Å². The maximum absolute atomic E-state index is 4.06. The summed E-state index contributed by atoms with van der Waals surface area (Å²) in [4.78, 5) is 4.06. The molecule has 0 N–H and O–H groups in total. The predicted octanol–water partition coefficient (Wildman–Crippen LogP) is 4.18. The molecule has 2 nitrogen and oxygen atoms in total. The lowest BCUT2D eigenvalue weighted by Gasteiger charge is -2.10. The van der Waals surface area contributed by atoms with Gasteiger partial charge in [0, 0.05) is 12.4 Å². The summed E-state index contributed by atoms with van der Waals surface area (Å²) in [5.41, 5.74) is 0. The monoisotopic (exact) mass is 306 g/mol. The van der Waals surface area contributed by atoms with Crippen molar-refractivity contribution in [2.24, 2.45) is 0 Å². The minimum absolute atomic E-state index is 0.580. The Balaban J connectivity index is 2.07. The molecule has 0 aliphatic carbocycles. The summed E-state index contributed by atoms with van der Waals surface area (Å²) in [5, 5.41) is 0. The van der Waals surface area contributed by atoms with Gasteiger partial charge < -0.3 is 4.57 Å². The number of hydrogen-bond donors (Lipinski definition) is 0. The van der Waals surface area contributed by atoms with Crippen LogP contribution in [0.15, 0.2) is 18.7 Å². The Labute approximate surface area is 100 Å². The summed E-state index contributed by atoms with van der Waals surface area (Å²) < 4.78 is 2.76. The Bertz CT molecular complexity index is 221. The lowest BCUT2D eigenvalue weighted by molar-refractivity contribution is 0.561. The van der Waals surface area contributed by atoms with Gasteiger partial charge in [0.25, 0.3) is 0 Å². The molecule has 3 heteroatoms. The number of alkyl halides is 1. The highest BCUT2D eigenvalue weighted by Crippen LogP contribution is 2.22. The molecular weight excluding hydrogens is 287 g/mol. The van der Waals surface area contributed by atoms with Crippen LogP contribution in [0.2, 0.25) is 0 Å². The van der Waals surface area contributed by atoms with E-state index in [0.717, 1.165) is 0 Å². The second kappa shape index (κ2) is 7.26. The van der Waals surface area contributed by atoms with Crippen molar-refractivity contribution in [2.75, 3.05) is 0 Å². The van der Waals surface area contributed by atoms with Crippen LogP contribution < -0.4 is 0 Å². The molecule has 0 saturated carbocycles. The fourth-order valence-electron chi connectivity index (χ4n) is 1.50. The lowest BCUT2D eigenvalue weighted by Crippen LogP contribution is -1.98. The lowest BCUT2D eigenvalue weighted by atomic mass is 10.1. The van der Waals surface area contributed by atoms with E-state index in [1.165, 1.54) is 38.5 Å². The van der Waals surface area contributed by atoms with Gasteiger partial charge in [0.05, 0.1) is 10.4 Å². The van der Waals surface area contributed by atoms with Crippen molar-refractivity contribution in [3.05, 3.63) is 18.7 Å². The third kappa shape index (κ3) is 4.44. The van der Waals surface area contributed by atoms with Gasteiger partial charge in [-0.1, -0.05) is 61.6 Å². The van der Waals surface area contributed by atoms with Crippen LogP contribution in [0.3, 0.4) is 0 Å². The number of imidazole rings is 1. The number of aromatic nitrogens is 2. The molecule has 0 radical (unpaired) electrons. The second-order valence-corrected chi connectivity index (χ2v) is 5.09. The van der Waals surface area contributed by atoms with Crippen molar-refractivity contribution in [1.82, 2.24) is 9.55 Å². The van der Waals surface area contributed by atoms with Crippen molar-refractivity contribution in [1.29, 1.82) is 0 Å². The normalized spacial score (nSPS) is 13.0. The van der Waals surface area contributed by atoms with Crippen LogP contribution in [-0.2, 0) is 0 Å². The standard InChI is InChI=1S/C11H19IN2/c1-2-3-4-5-6-7-11(12)14-9-8-13-10-14/h8-11H,2-7H2,1H3. The summed E-state index contributed by atoms with van der Waals surface area (Å²) in [5.74, 6) is 0. The Morgan fingerprint density at radius 1 is 1.29 bits per heavy atom. The quantitative estimate of drug-likeness (QED) is 0.420. The fourth-order valence-corrected chi connectivity index (χ4v) is 2.27. The Hall–Kier alpha value is -0.0600. The molecule has 0 bridgehead atoms. The summed E-state index contributed by atoms with van der Waals surface area (Å²) >= 11 is 2.49. The van der Waals surface area contributed by atoms with Crippen molar-refractivity contribution < 1.29 is 0 Å². The summed E-state index contributed by atoms with van der Waals surface area (Å²) in [6, 6.07) is 0. The van der Waals surface area contributed by atoms with E-state index in [9.17, 15) is 0 Å². The highest BCUT2D eigenvalue weighted by molar-refractivity contribution is 14.1. The predicted molar refractivity (Wildman–Crippen MR) is 68.7 cm³/mol. The molecule has 1 atom stereocenters. The Morgan fingerprint density at radius 2 is 2.07 bits per heavy atom. The van der Waals surface area contributed by atoms with E-state index in [-0.39, 0.29) is 0 Å². The van der Waals surface area contributed by atoms with Gasteiger partial charge in [-0.15, -0.1) is 0 Å². The van der Waals surface area contributed by atoms with E-state index < -0.39 is 0 Å². The van der Waals surface area contributed by atoms with E-state index >= 15 is 0 Å². The first-order valence-corrected chi connectivity index (χ1v) is 6.70. The molecule has 0 amide bonds. The molecule has 0 aliphatic rings. The molecule has 0 aliphatic heterocycles. The second-order valence-electron chi connectivity index (χ2n) is 3.65. The third-order valence-electron chi connectivity index (χ3n) is 2.39. The summed E-state index contributed by atoms with van der Waals surface area (Å²) in [6.07, 6.45) is 13.9. The van der Waals surface area contributed by atoms with Crippen LogP contribution in [0.5, 0.6) is 0 Å². The van der Waals surface area contributed by atoms with Crippen molar-refractivity contribution in [3.63, 3.8) is 0 Å². The maximum Gasteiger partial charge on any atom is 0.0955 e. The molecule has 1 heterocycles. The molecule has 1 rings (SSSR count). The molecule has 0 saturated heterocycles. The molecule has 80 valence electrons. The van der Waals surface area contributed by atoms with Gasteiger partial charge in [-0.3, -0.25) is 0 Å². The average molecular weight is 306 g/mol. The van der Waals surface area contributed by atoms with Gasteiger partial charge in [-0.05, 0) is 6.42 Å². The zero-order chi connectivity index (χ0) is 10.2. The largest absolute Gasteiger partial charge is 0.325 e. The number of unbranched alkanes of at least 4 members (excludes halogenated alkanes) is 4. The fraction of sp³-hybridized carbons (Fsp3) is 0.727. The van der Waals surface area contributed by atoms with Crippen LogP contribution in [0.1, 0.15) is 49.5 Å². The molecular formula is C11H19IN2. The Morgan fingerprint density at radius 3 is 2.71 bits per heavy atom. The molecule has 1 aromatic rings. The molecule has 0 spiro atoms. The molecule has 1 unspecified atom stereocenters. The molecule has 0 aromatic carbocycles. The summed E-state index contributed by atoms with van der Waals surface area (Å²) in [7, 11) is 0. The topological polar surface area (TPSA) is 17.8 Å². The van der Waals surface area contributed by atoms with Crippen LogP contribution >= 0.6 is 22.6 Å². The van der Waals surface area contributed by atoms with E-state index in [1.54, 1.807) is 0 Å². The van der Waals surface area contributed by atoms with Crippen LogP contribution in [0, 0.1) is 0 Å². The van der Waals surface area contributed by atoms with Gasteiger partial charge in [0.2, 0.25) is 0 Å². The van der Waals surface area contributed by atoms with Crippen molar-refractivity contribution in [3.8, 4) is 0 Å². The van der Waals surface area contributed by atoms with Crippen LogP contribution in [0.4, 0.5) is 0 Å². The van der Waals surface area contributed by atoms with E-state index in [4.69, 9.17) is 0 Å². The zero-order valence-electron chi connectivity index (χ0n) is 8.82.